The molecule has 0 unspecified atom stereocenters. The molecule has 1 heterocycles. The van der Waals surface area contributed by atoms with Crippen molar-refractivity contribution in [2.75, 3.05) is 6.54 Å². The smallest absolute Gasteiger partial charge is 0.332 e. The standard InChI is InChI=1S/C25H27F3N2O3S2/c1-18(2)30(35(32,33)23-11-7-10-21(14-23)25(26,27)28)17-24(31)29(15-20-8-5-4-6-9-20)16-22-13-12-19(3)34-22/h4-14,18H,15-17H2,1-3H3. The second kappa shape index (κ2) is 10.9. The Balaban J connectivity index is 1.90. The average Bonchev–Trinajstić information content (AvgIpc) is 3.21. The first-order chi connectivity index (χ1) is 16.4. The number of carbonyl (C=O) groups excluding carboxylic acids is 1. The minimum Gasteiger partial charge on any atom is -0.332 e. The molecular weight excluding hydrogens is 497 g/mol. The molecule has 0 aliphatic rings. The molecule has 3 rings (SSSR count). The van der Waals surface area contributed by atoms with Crippen LogP contribution in [0.15, 0.2) is 71.6 Å². The van der Waals surface area contributed by atoms with Gasteiger partial charge in [-0.05, 0) is 56.7 Å². The summed E-state index contributed by atoms with van der Waals surface area (Å²) in [6, 6.07) is 16.1. The molecule has 0 aliphatic heterocycles. The third-order valence-corrected chi connectivity index (χ3v) is 8.35. The van der Waals surface area contributed by atoms with Crippen LogP contribution in [-0.4, -0.2) is 36.1 Å². The summed E-state index contributed by atoms with van der Waals surface area (Å²) in [6.45, 7) is 5.20. The largest absolute Gasteiger partial charge is 0.416 e. The van der Waals surface area contributed by atoms with Gasteiger partial charge in [-0.2, -0.15) is 17.5 Å². The Morgan fingerprint density at radius 2 is 1.66 bits per heavy atom. The van der Waals surface area contributed by atoms with Crippen molar-refractivity contribution < 1.29 is 26.4 Å². The van der Waals surface area contributed by atoms with Gasteiger partial charge in [0.05, 0.1) is 23.5 Å². The van der Waals surface area contributed by atoms with Crippen LogP contribution in [-0.2, 0) is 34.1 Å². The van der Waals surface area contributed by atoms with Crippen LogP contribution in [0.5, 0.6) is 0 Å². The number of amides is 1. The maximum absolute atomic E-state index is 13.4. The minimum absolute atomic E-state index is 0.270. The van der Waals surface area contributed by atoms with Gasteiger partial charge < -0.3 is 4.90 Å². The number of hydrogen-bond acceptors (Lipinski definition) is 4. The first-order valence-electron chi connectivity index (χ1n) is 10.9. The van der Waals surface area contributed by atoms with Crippen LogP contribution in [0.2, 0.25) is 0 Å². The van der Waals surface area contributed by atoms with Crippen molar-refractivity contribution in [3.63, 3.8) is 0 Å². The molecule has 0 saturated heterocycles. The van der Waals surface area contributed by atoms with Gasteiger partial charge in [0.2, 0.25) is 15.9 Å². The van der Waals surface area contributed by atoms with E-state index in [2.05, 4.69) is 0 Å². The minimum atomic E-state index is -4.69. The molecule has 35 heavy (non-hydrogen) atoms. The monoisotopic (exact) mass is 524 g/mol. The van der Waals surface area contributed by atoms with E-state index in [1.807, 2.05) is 49.4 Å². The summed E-state index contributed by atoms with van der Waals surface area (Å²) in [5.74, 6) is -0.441. The number of alkyl halides is 3. The van der Waals surface area contributed by atoms with Gasteiger partial charge in [0.1, 0.15) is 0 Å². The molecule has 3 aromatic rings. The molecule has 0 atom stereocenters. The summed E-state index contributed by atoms with van der Waals surface area (Å²) in [5.41, 5.74) is -0.182. The Labute approximate surface area is 207 Å². The number of halogens is 3. The molecule has 0 aliphatic carbocycles. The number of hydrogen-bond donors (Lipinski definition) is 0. The van der Waals surface area contributed by atoms with Gasteiger partial charge in [0.25, 0.3) is 0 Å². The summed E-state index contributed by atoms with van der Waals surface area (Å²) in [7, 11) is -4.36. The Morgan fingerprint density at radius 1 is 0.971 bits per heavy atom. The van der Waals surface area contributed by atoms with Gasteiger partial charge in [-0.15, -0.1) is 11.3 Å². The van der Waals surface area contributed by atoms with Crippen molar-refractivity contribution in [3.05, 3.63) is 87.6 Å². The highest BCUT2D eigenvalue weighted by Crippen LogP contribution is 2.31. The Kier molecular flexibility index (Phi) is 8.40. The third kappa shape index (κ3) is 6.93. The van der Waals surface area contributed by atoms with Crippen molar-refractivity contribution in [2.24, 2.45) is 0 Å². The number of rotatable bonds is 9. The molecule has 1 aromatic heterocycles. The lowest BCUT2D eigenvalue weighted by atomic mass is 10.2. The molecule has 0 N–H and O–H groups in total. The van der Waals surface area contributed by atoms with Crippen LogP contribution in [0.3, 0.4) is 0 Å². The topological polar surface area (TPSA) is 57.7 Å². The maximum Gasteiger partial charge on any atom is 0.416 e. The van der Waals surface area contributed by atoms with Crippen molar-refractivity contribution in [3.8, 4) is 0 Å². The molecule has 0 saturated carbocycles. The number of aryl methyl sites for hydroxylation is 1. The first kappa shape index (κ1) is 26.9. The predicted molar refractivity (Wildman–Crippen MR) is 130 cm³/mol. The number of sulfonamides is 1. The van der Waals surface area contributed by atoms with Gasteiger partial charge in [-0.1, -0.05) is 36.4 Å². The Bertz CT molecular complexity index is 1260. The van der Waals surface area contributed by atoms with Crippen molar-refractivity contribution >= 4 is 27.3 Å². The molecular formula is C25H27F3N2O3S2. The molecule has 188 valence electrons. The maximum atomic E-state index is 13.4. The van der Waals surface area contributed by atoms with Gasteiger partial charge in [0.15, 0.2) is 0 Å². The SMILES string of the molecule is Cc1ccc(CN(Cc2ccccc2)C(=O)CN(C(C)C)S(=O)(=O)c2cccc(C(F)(F)F)c2)s1. The highest BCUT2D eigenvalue weighted by molar-refractivity contribution is 7.89. The summed E-state index contributed by atoms with van der Waals surface area (Å²) < 4.78 is 67.1. The van der Waals surface area contributed by atoms with E-state index in [1.165, 1.54) is 0 Å². The van der Waals surface area contributed by atoms with Crippen molar-refractivity contribution in [1.82, 2.24) is 9.21 Å². The fourth-order valence-electron chi connectivity index (χ4n) is 3.54. The first-order valence-corrected chi connectivity index (χ1v) is 13.2. The quantitative estimate of drug-likeness (QED) is 0.361. The zero-order chi connectivity index (χ0) is 25.8. The molecule has 0 radical (unpaired) electrons. The van der Waals surface area contributed by atoms with E-state index in [0.29, 0.717) is 12.6 Å². The second-order valence-corrected chi connectivity index (χ2v) is 11.7. The normalized spacial score (nSPS) is 12.3. The van der Waals surface area contributed by atoms with E-state index >= 15 is 0 Å². The van der Waals surface area contributed by atoms with Crippen LogP contribution in [0, 0.1) is 6.92 Å². The predicted octanol–water partition coefficient (Wildman–Crippen LogP) is 5.70. The molecule has 10 heteroatoms. The summed E-state index contributed by atoms with van der Waals surface area (Å²) >= 11 is 1.54. The van der Waals surface area contributed by atoms with Crippen LogP contribution < -0.4 is 0 Å². The van der Waals surface area contributed by atoms with Crippen molar-refractivity contribution in [2.45, 2.75) is 51.0 Å². The van der Waals surface area contributed by atoms with E-state index in [0.717, 1.165) is 37.8 Å². The van der Waals surface area contributed by atoms with Crippen LogP contribution in [0.25, 0.3) is 0 Å². The summed E-state index contributed by atoms with van der Waals surface area (Å²) in [4.78, 5) is 16.5. The van der Waals surface area contributed by atoms with E-state index in [4.69, 9.17) is 0 Å². The average molecular weight is 525 g/mol. The highest BCUT2D eigenvalue weighted by atomic mass is 32.2. The summed E-state index contributed by atoms with van der Waals surface area (Å²) in [5, 5.41) is 0. The van der Waals surface area contributed by atoms with E-state index in [-0.39, 0.29) is 6.54 Å². The molecule has 0 spiro atoms. The lowest BCUT2D eigenvalue weighted by molar-refractivity contribution is -0.137. The molecule has 1 amide bonds. The lowest BCUT2D eigenvalue weighted by Gasteiger charge is -2.29. The fraction of sp³-hybridized carbons (Fsp3) is 0.320. The summed E-state index contributed by atoms with van der Waals surface area (Å²) in [6.07, 6.45) is -4.69. The number of nitrogens with zero attached hydrogens (tertiary/aromatic N) is 2. The third-order valence-electron chi connectivity index (χ3n) is 5.35. The number of benzene rings is 2. The van der Waals surface area contributed by atoms with Gasteiger partial charge in [-0.25, -0.2) is 8.42 Å². The zero-order valence-electron chi connectivity index (χ0n) is 19.6. The highest BCUT2D eigenvalue weighted by Gasteiger charge is 2.35. The number of thiophene rings is 1. The van der Waals surface area contributed by atoms with E-state index < -0.39 is 45.2 Å². The van der Waals surface area contributed by atoms with Crippen LogP contribution in [0.1, 0.15) is 34.7 Å². The zero-order valence-corrected chi connectivity index (χ0v) is 21.3. The van der Waals surface area contributed by atoms with Gasteiger partial charge >= 0.3 is 6.18 Å². The lowest BCUT2D eigenvalue weighted by Crippen LogP contribution is -2.45. The molecule has 0 bridgehead atoms. The number of carbonyl (C=O) groups is 1. The Morgan fingerprint density at radius 3 is 2.23 bits per heavy atom. The second-order valence-electron chi connectivity index (χ2n) is 8.42. The molecule has 0 fully saturated rings. The van der Waals surface area contributed by atoms with E-state index in [1.54, 1.807) is 30.1 Å². The molecule has 2 aromatic carbocycles. The fourth-order valence-corrected chi connectivity index (χ4v) is 6.08. The van der Waals surface area contributed by atoms with Crippen LogP contribution >= 0.6 is 11.3 Å². The van der Waals surface area contributed by atoms with E-state index in [9.17, 15) is 26.4 Å². The van der Waals surface area contributed by atoms with Crippen LogP contribution in [0.4, 0.5) is 13.2 Å². The molecule has 5 nitrogen and oxygen atoms in total. The Hall–Kier alpha value is -2.69. The van der Waals surface area contributed by atoms with Crippen molar-refractivity contribution in [1.29, 1.82) is 0 Å². The van der Waals surface area contributed by atoms with Gasteiger partial charge in [-0.3, -0.25) is 4.79 Å². The van der Waals surface area contributed by atoms with Gasteiger partial charge in [0, 0.05) is 22.3 Å².